The first-order chi connectivity index (χ1) is 16.5. The summed E-state index contributed by atoms with van der Waals surface area (Å²) in [6.07, 6.45) is 8.07. The van der Waals surface area contributed by atoms with Crippen molar-refractivity contribution in [2.75, 3.05) is 58.6 Å². The van der Waals surface area contributed by atoms with E-state index in [9.17, 15) is 14.4 Å². The summed E-state index contributed by atoms with van der Waals surface area (Å²) in [4.78, 5) is 47.3. The molecule has 0 radical (unpaired) electrons. The Morgan fingerprint density at radius 1 is 0.882 bits per heavy atom. The molecule has 186 valence electrons. The van der Waals surface area contributed by atoms with Gasteiger partial charge in [-0.2, -0.15) is 0 Å². The molecule has 3 aliphatic rings. The van der Waals surface area contributed by atoms with Gasteiger partial charge in [0.05, 0.1) is 17.9 Å². The number of amides is 3. The summed E-state index contributed by atoms with van der Waals surface area (Å²) in [7, 11) is 1.92. The zero-order chi connectivity index (χ0) is 23.9. The Bertz CT molecular complexity index is 859. The van der Waals surface area contributed by atoms with E-state index >= 15 is 0 Å². The maximum Gasteiger partial charge on any atom is 0.255 e. The van der Waals surface area contributed by atoms with Gasteiger partial charge >= 0.3 is 0 Å². The van der Waals surface area contributed by atoms with Gasteiger partial charge in [0.1, 0.15) is 0 Å². The molecular weight excluding hydrogens is 448 g/mol. The second kappa shape index (κ2) is 12.1. The smallest absolute Gasteiger partial charge is 0.255 e. The van der Waals surface area contributed by atoms with E-state index in [1.54, 1.807) is 0 Å². The van der Waals surface area contributed by atoms with Gasteiger partial charge < -0.3 is 14.7 Å². The molecule has 34 heavy (non-hydrogen) atoms. The van der Waals surface area contributed by atoms with Crippen LogP contribution >= 0.6 is 11.8 Å². The number of likely N-dealkylation sites (tertiary alicyclic amines) is 1. The number of hydrogen-bond acceptors (Lipinski definition) is 5. The van der Waals surface area contributed by atoms with Crippen LogP contribution in [-0.4, -0.2) is 102 Å². The van der Waals surface area contributed by atoms with Gasteiger partial charge in [-0.3, -0.25) is 19.3 Å². The summed E-state index contributed by atoms with van der Waals surface area (Å²) < 4.78 is 0. The van der Waals surface area contributed by atoms with Crippen molar-refractivity contribution in [3.05, 3.63) is 29.8 Å². The first-order valence-corrected chi connectivity index (χ1v) is 13.8. The molecule has 2 heterocycles. The molecule has 0 unspecified atom stereocenters. The Labute approximate surface area is 207 Å². The molecule has 1 aromatic carbocycles. The van der Waals surface area contributed by atoms with Crippen molar-refractivity contribution in [3.8, 4) is 0 Å². The van der Waals surface area contributed by atoms with Crippen LogP contribution in [0.1, 0.15) is 55.3 Å². The third-order valence-electron chi connectivity index (χ3n) is 7.46. The molecule has 4 rings (SSSR count). The van der Waals surface area contributed by atoms with E-state index in [0.29, 0.717) is 50.1 Å². The van der Waals surface area contributed by atoms with E-state index in [4.69, 9.17) is 0 Å². The summed E-state index contributed by atoms with van der Waals surface area (Å²) in [5, 5.41) is 0. The zero-order valence-electron chi connectivity index (χ0n) is 20.4. The number of hydrogen-bond donors (Lipinski definition) is 0. The van der Waals surface area contributed by atoms with Crippen molar-refractivity contribution in [1.29, 1.82) is 0 Å². The van der Waals surface area contributed by atoms with Crippen molar-refractivity contribution < 1.29 is 14.4 Å². The summed E-state index contributed by atoms with van der Waals surface area (Å²) >= 11 is 1.46. The molecule has 1 aromatic rings. The fraction of sp³-hybridized carbons (Fsp3) is 0.654. The molecular formula is C26H38N4O3S. The van der Waals surface area contributed by atoms with E-state index in [1.165, 1.54) is 31.0 Å². The minimum Gasteiger partial charge on any atom is -0.342 e. The number of thioether (sulfide) groups is 1. The van der Waals surface area contributed by atoms with Crippen LogP contribution in [0, 0.1) is 0 Å². The van der Waals surface area contributed by atoms with Crippen LogP contribution in [0.3, 0.4) is 0 Å². The fourth-order valence-electron chi connectivity index (χ4n) is 5.22. The van der Waals surface area contributed by atoms with Crippen molar-refractivity contribution in [2.45, 2.75) is 55.9 Å². The molecule has 8 heteroatoms. The maximum atomic E-state index is 13.3. The molecule has 2 aliphatic heterocycles. The maximum absolute atomic E-state index is 13.3. The normalized spacial score (nSPS) is 19.9. The summed E-state index contributed by atoms with van der Waals surface area (Å²) in [5.41, 5.74) is 0.669. The molecule has 7 nitrogen and oxygen atoms in total. The minimum absolute atomic E-state index is 0.0155. The lowest BCUT2D eigenvalue weighted by Crippen LogP contribution is -2.51. The first-order valence-electron chi connectivity index (χ1n) is 12.8. The number of rotatable bonds is 7. The van der Waals surface area contributed by atoms with E-state index in [-0.39, 0.29) is 17.7 Å². The predicted octanol–water partition coefficient (Wildman–Crippen LogP) is 2.95. The van der Waals surface area contributed by atoms with Gasteiger partial charge in [-0.05, 0) is 37.8 Å². The quantitative estimate of drug-likeness (QED) is 0.555. The molecule has 0 atom stereocenters. The van der Waals surface area contributed by atoms with Gasteiger partial charge in [0.2, 0.25) is 11.8 Å². The van der Waals surface area contributed by atoms with Crippen LogP contribution in [0.15, 0.2) is 29.2 Å². The Kier molecular flexibility index (Phi) is 8.89. The van der Waals surface area contributed by atoms with Crippen LogP contribution in [0.5, 0.6) is 0 Å². The van der Waals surface area contributed by atoms with E-state index in [1.807, 2.05) is 46.0 Å². The van der Waals surface area contributed by atoms with Crippen LogP contribution in [0.25, 0.3) is 0 Å². The lowest BCUT2D eigenvalue weighted by Gasteiger charge is -2.35. The molecule has 1 saturated carbocycles. The second-order valence-corrected chi connectivity index (χ2v) is 10.8. The average Bonchev–Trinajstić information content (AvgIpc) is 3.43. The molecule has 2 saturated heterocycles. The van der Waals surface area contributed by atoms with Crippen molar-refractivity contribution >= 4 is 29.5 Å². The molecule has 0 bridgehead atoms. The van der Waals surface area contributed by atoms with E-state index in [2.05, 4.69) is 4.90 Å². The fourth-order valence-corrected chi connectivity index (χ4v) is 6.19. The van der Waals surface area contributed by atoms with Crippen molar-refractivity contribution in [2.24, 2.45) is 0 Å². The third kappa shape index (κ3) is 6.33. The average molecular weight is 487 g/mol. The van der Waals surface area contributed by atoms with Crippen LogP contribution in [0.4, 0.5) is 0 Å². The monoisotopic (exact) mass is 486 g/mol. The number of carbonyl (C=O) groups is 3. The summed E-state index contributed by atoms with van der Waals surface area (Å²) in [6.45, 7) is 4.87. The second-order valence-electron chi connectivity index (χ2n) is 9.74. The topological polar surface area (TPSA) is 64.2 Å². The SMILES string of the molecule is CN(C(=O)CSc1ccccc1C(=O)N1CCN(CC(=O)N2CCCC2)CC1)C1CCCCC1. The van der Waals surface area contributed by atoms with Gasteiger partial charge in [0.25, 0.3) is 5.91 Å². The summed E-state index contributed by atoms with van der Waals surface area (Å²) in [5.74, 6) is 0.711. The van der Waals surface area contributed by atoms with E-state index < -0.39 is 0 Å². The molecule has 3 amide bonds. The van der Waals surface area contributed by atoms with Crippen LogP contribution in [-0.2, 0) is 9.59 Å². The van der Waals surface area contributed by atoms with Crippen molar-refractivity contribution in [1.82, 2.24) is 19.6 Å². The number of piperazine rings is 1. The largest absolute Gasteiger partial charge is 0.342 e. The molecule has 0 aromatic heterocycles. The van der Waals surface area contributed by atoms with Gasteiger partial charge in [0, 0.05) is 57.3 Å². The van der Waals surface area contributed by atoms with Gasteiger partial charge in [-0.25, -0.2) is 0 Å². The highest BCUT2D eigenvalue weighted by Crippen LogP contribution is 2.27. The third-order valence-corrected chi connectivity index (χ3v) is 8.52. The molecule has 0 spiro atoms. The van der Waals surface area contributed by atoms with Crippen LogP contribution < -0.4 is 0 Å². The van der Waals surface area contributed by atoms with Gasteiger partial charge in [-0.1, -0.05) is 31.4 Å². The highest BCUT2D eigenvalue weighted by atomic mass is 32.2. The highest BCUT2D eigenvalue weighted by molar-refractivity contribution is 8.00. The summed E-state index contributed by atoms with van der Waals surface area (Å²) in [6, 6.07) is 7.97. The lowest BCUT2D eigenvalue weighted by atomic mass is 9.94. The minimum atomic E-state index is 0.0155. The highest BCUT2D eigenvalue weighted by Gasteiger charge is 2.27. The molecule has 0 N–H and O–H groups in total. The van der Waals surface area contributed by atoms with Gasteiger partial charge in [0.15, 0.2) is 0 Å². The van der Waals surface area contributed by atoms with Crippen LogP contribution in [0.2, 0.25) is 0 Å². The zero-order valence-corrected chi connectivity index (χ0v) is 21.2. The predicted molar refractivity (Wildman–Crippen MR) is 135 cm³/mol. The Morgan fingerprint density at radius 2 is 1.56 bits per heavy atom. The number of carbonyl (C=O) groups excluding carboxylic acids is 3. The van der Waals surface area contributed by atoms with Crippen molar-refractivity contribution in [3.63, 3.8) is 0 Å². The molecule has 1 aliphatic carbocycles. The van der Waals surface area contributed by atoms with E-state index in [0.717, 1.165) is 43.7 Å². The Morgan fingerprint density at radius 3 is 2.26 bits per heavy atom. The Hall–Kier alpha value is -2.06. The molecule has 3 fully saturated rings. The standard InChI is InChI=1S/C26H38N4O3S/c1-27(21-9-3-2-4-10-21)25(32)20-34-23-12-6-5-11-22(23)26(33)30-17-15-28(16-18-30)19-24(31)29-13-7-8-14-29/h5-6,11-12,21H,2-4,7-10,13-20H2,1H3. The lowest BCUT2D eigenvalue weighted by molar-refractivity contribution is -0.132. The first kappa shape index (κ1) is 25.0. The van der Waals surface area contributed by atoms with Gasteiger partial charge in [-0.15, -0.1) is 11.8 Å². The number of benzene rings is 1. The number of nitrogens with zero attached hydrogens (tertiary/aromatic N) is 4. The Balaban J connectivity index is 1.28.